The molecule has 0 saturated heterocycles. The zero-order valence-electron chi connectivity index (χ0n) is 10.0. The second-order valence-corrected chi connectivity index (χ2v) is 4.77. The normalized spacial score (nSPS) is 24.3. The van der Waals surface area contributed by atoms with E-state index < -0.39 is 0 Å². The van der Waals surface area contributed by atoms with Crippen molar-refractivity contribution in [3.8, 4) is 0 Å². The van der Waals surface area contributed by atoms with Crippen LogP contribution < -0.4 is 5.56 Å². The molecule has 2 heterocycles. The number of aromatic nitrogens is 1. The summed E-state index contributed by atoms with van der Waals surface area (Å²) in [5.41, 5.74) is 3.72. The van der Waals surface area contributed by atoms with Gasteiger partial charge in [0.15, 0.2) is 0 Å². The summed E-state index contributed by atoms with van der Waals surface area (Å²) in [5.74, 6) is 1.11. The van der Waals surface area contributed by atoms with Gasteiger partial charge in [0.05, 0.1) is 0 Å². The van der Waals surface area contributed by atoms with Crippen LogP contribution in [-0.4, -0.2) is 4.57 Å². The zero-order chi connectivity index (χ0) is 11.2. The van der Waals surface area contributed by atoms with E-state index in [9.17, 15) is 4.79 Å². The highest BCUT2D eigenvalue weighted by Crippen LogP contribution is 2.33. The first-order valence-corrected chi connectivity index (χ1v) is 5.79. The molecule has 0 spiro atoms. The molecule has 0 aromatic carbocycles. The Kier molecular flexibility index (Phi) is 2.45. The monoisotopic (exact) mass is 205 g/mol. The lowest BCUT2D eigenvalue weighted by molar-refractivity contribution is 0.499. The van der Waals surface area contributed by atoms with Gasteiger partial charge < -0.3 is 4.57 Å². The van der Waals surface area contributed by atoms with Crippen LogP contribution in [0.2, 0.25) is 0 Å². The molecular formula is C13H19NO. The van der Waals surface area contributed by atoms with Gasteiger partial charge in [-0.05, 0) is 30.9 Å². The summed E-state index contributed by atoms with van der Waals surface area (Å²) in [7, 11) is 0. The van der Waals surface area contributed by atoms with E-state index in [1.54, 1.807) is 0 Å². The predicted molar refractivity (Wildman–Crippen MR) is 62.4 cm³/mol. The van der Waals surface area contributed by atoms with Crippen LogP contribution in [0.4, 0.5) is 0 Å². The number of pyridine rings is 1. The minimum atomic E-state index is 0.207. The van der Waals surface area contributed by atoms with Crippen molar-refractivity contribution in [2.24, 2.45) is 5.92 Å². The lowest BCUT2D eigenvalue weighted by atomic mass is 9.93. The Morgan fingerprint density at radius 1 is 1.47 bits per heavy atom. The van der Waals surface area contributed by atoms with Gasteiger partial charge in [-0.25, -0.2) is 0 Å². The third-order valence-electron chi connectivity index (χ3n) is 3.73. The van der Waals surface area contributed by atoms with E-state index in [4.69, 9.17) is 0 Å². The number of fused-ring (bicyclic) bond motifs is 1. The van der Waals surface area contributed by atoms with Crippen LogP contribution in [-0.2, 0) is 13.0 Å². The SMILES string of the molecule is CCc1cc(C)c(=O)n2c1C(C)C(C)C2. The van der Waals surface area contributed by atoms with Crippen molar-refractivity contribution in [3.63, 3.8) is 0 Å². The molecule has 2 atom stereocenters. The van der Waals surface area contributed by atoms with Crippen molar-refractivity contribution >= 4 is 0 Å². The van der Waals surface area contributed by atoms with Gasteiger partial charge in [0.2, 0.25) is 0 Å². The fraction of sp³-hybridized carbons (Fsp3) is 0.615. The van der Waals surface area contributed by atoms with Crippen molar-refractivity contribution in [2.45, 2.75) is 46.6 Å². The van der Waals surface area contributed by atoms with Gasteiger partial charge in [0, 0.05) is 23.7 Å². The number of nitrogens with zero attached hydrogens (tertiary/aromatic N) is 1. The van der Waals surface area contributed by atoms with Crippen molar-refractivity contribution in [2.75, 3.05) is 0 Å². The second-order valence-electron chi connectivity index (χ2n) is 4.77. The van der Waals surface area contributed by atoms with Crippen LogP contribution in [0.1, 0.15) is 43.5 Å². The van der Waals surface area contributed by atoms with Crippen LogP contribution in [0.5, 0.6) is 0 Å². The van der Waals surface area contributed by atoms with Gasteiger partial charge in [-0.3, -0.25) is 4.79 Å². The van der Waals surface area contributed by atoms with E-state index in [0.29, 0.717) is 11.8 Å². The maximum Gasteiger partial charge on any atom is 0.253 e. The van der Waals surface area contributed by atoms with Gasteiger partial charge >= 0.3 is 0 Å². The third-order valence-corrected chi connectivity index (χ3v) is 3.73. The Morgan fingerprint density at radius 2 is 2.13 bits per heavy atom. The molecule has 15 heavy (non-hydrogen) atoms. The first-order chi connectivity index (χ1) is 7.06. The Bertz CT molecular complexity index is 445. The van der Waals surface area contributed by atoms with E-state index in [-0.39, 0.29) is 5.56 Å². The molecule has 0 fully saturated rings. The molecule has 1 aliphatic heterocycles. The molecule has 0 radical (unpaired) electrons. The highest BCUT2D eigenvalue weighted by Gasteiger charge is 2.29. The number of aryl methyl sites for hydroxylation is 2. The minimum absolute atomic E-state index is 0.207. The molecule has 1 aromatic rings. The Hall–Kier alpha value is -1.05. The predicted octanol–water partition coefficient (Wildman–Crippen LogP) is 2.47. The average Bonchev–Trinajstić information content (AvgIpc) is 2.50. The molecule has 2 nitrogen and oxygen atoms in total. The average molecular weight is 205 g/mol. The third kappa shape index (κ3) is 1.43. The van der Waals surface area contributed by atoms with E-state index in [0.717, 1.165) is 18.5 Å². The van der Waals surface area contributed by atoms with Crippen molar-refractivity contribution in [1.82, 2.24) is 4.57 Å². The molecule has 1 aromatic heterocycles. The summed E-state index contributed by atoms with van der Waals surface area (Å²) in [6.45, 7) is 9.44. The number of rotatable bonds is 1. The number of hydrogen-bond donors (Lipinski definition) is 0. The quantitative estimate of drug-likeness (QED) is 0.690. The molecule has 2 unspecified atom stereocenters. The lowest BCUT2D eigenvalue weighted by Gasteiger charge is -2.13. The van der Waals surface area contributed by atoms with E-state index >= 15 is 0 Å². The first-order valence-electron chi connectivity index (χ1n) is 5.79. The Balaban J connectivity index is 2.71. The van der Waals surface area contributed by atoms with Gasteiger partial charge in [-0.1, -0.05) is 20.8 Å². The van der Waals surface area contributed by atoms with Crippen LogP contribution in [0.3, 0.4) is 0 Å². The summed E-state index contributed by atoms with van der Waals surface area (Å²) in [6.07, 6.45) is 1.02. The molecule has 0 saturated carbocycles. The highest BCUT2D eigenvalue weighted by atomic mass is 16.1. The molecule has 1 aliphatic rings. The van der Waals surface area contributed by atoms with E-state index in [1.807, 2.05) is 11.5 Å². The summed E-state index contributed by atoms with van der Waals surface area (Å²) >= 11 is 0. The van der Waals surface area contributed by atoms with Crippen LogP contribution in [0.15, 0.2) is 10.9 Å². The Labute approximate surface area is 90.9 Å². The molecule has 82 valence electrons. The Morgan fingerprint density at radius 3 is 2.73 bits per heavy atom. The van der Waals surface area contributed by atoms with E-state index in [1.165, 1.54) is 11.3 Å². The first kappa shape index (κ1) is 10.5. The van der Waals surface area contributed by atoms with Crippen LogP contribution in [0.25, 0.3) is 0 Å². The maximum atomic E-state index is 12.0. The zero-order valence-corrected chi connectivity index (χ0v) is 10.0. The van der Waals surface area contributed by atoms with Gasteiger partial charge in [0.1, 0.15) is 0 Å². The maximum absolute atomic E-state index is 12.0. The molecule has 0 aliphatic carbocycles. The molecule has 0 N–H and O–H groups in total. The van der Waals surface area contributed by atoms with Gasteiger partial charge in [-0.15, -0.1) is 0 Å². The summed E-state index contributed by atoms with van der Waals surface area (Å²) in [4.78, 5) is 12.0. The smallest absolute Gasteiger partial charge is 0.253 e. The summed E-state index contributed by atoms with van der Waals surface area (Å²) in [5, 5.41) is 0. The molecular weight excluding hydrogens is 186 g/mol. The second kappa shape index (κ2) is 3.51. The topological polar surface area (TPSA) is 22.0 Å². The summed E-state index contributed by atoms with van der Waals surface area (Å²) < 4.78 is 1.99. The standard InChI is InChI=1S/C13H19NO/c1-5-11-6-8(2)13(15)14-7-9(3)10(4)12(11)14/h6,9-10H,5,7H2,1-4H3. The molecule has 0 amide bonds. The van der Waals surface area contributed by atoms with E-state index in [2.05, 4.69) is 26.8 Å². The fourth-order valence-electron chi connectivity index (χ4n) is 2.61. The van der Waals surface area contributed by atoms with Crippen molar-refractivity contribution in [1.29, 1.82) is 0 Å². The summed E-state index contributed by atoms with van der Waals surface area (Å²) in [6, 6.07) is 2.07. The fourth-order valence-corrected chi connectivity index (χ4v) is 2.61. The highest BCUT2D eigenvalue weighted by molar-refractivity contribution is 5.31. The molecule has 2 rings (SSSR count). The van der Waals surface area contributed by atoms with Crippen molar-refractivity contribution in [3.05, 3.63) is 33.2 Å². The van der Waals surface area contributed by atoms with Crippen molar-refractivity contribution < 1.29 is 0 Å². The lowest BCUT2D eigenvalue weighted by Crippen LogP contribution is -2.23. The number of hydrogen-bond acceptors (Lipinski definition) is 1. The van der Waals surface area contributed by atoms with Crippen LogP contribution in [0, 0.1) is 12.8 Å². The molecule has 2 heteroatoms. The van der Waals surface area contributed by atoms with Crippen LogP contribution >= 0.6 is 0 Å². The molecule has 0 bridgehead atoms. The minimum Gasteiger partial charge on any atom is -0.312 e. The van der Waals surface area contributed by atoms with Gasteiger partial charge in [0.25, 0.3) is 5.56 Å². The largest absolute Gasteiger partial charge is 0.312 e. The van der Waals surface area contributed by atoms with Gasteiger partial charge in [-0.2, -0.15) is 0 Å².